The van der Waals surface area contributed by atoms with E-state index in [0.717, 1.165) is 0 Å². The van der Waals surface area contributed by atoms with Gasteiger partial charge in [0.2, 0.25) is 5.88 Å². The van der Waals surface area contributed by atoms with Crippen molar-refractivity contribution in [1.29, 1.82) is 0 Å². The summed E-state index contributed by atoms with van der Waals surface area (Å²) in [7, 11) is 0. The molecule has 98 valence electrons. The molecule has 0 aliphatic rings. The lowest BCUT2D eigenvalue weighted by atomic mass is 10.2. The largest absolute Gasteiger partial charge is 0.437 e. The molecule has 0 bridgehead atoms. The zero-order valence-electron chi connectivity index (χ0n) is 9.63. The molecule has 0 aliphatic heterocycles. The van der Waals surface area contributed by atoms with Crippen molar-refractivity contribution in [2.24, 2.45) is 0 Å². The van der Waals surface area contributed by atoms with Crippen molar-refractivity contribution in [3.8, 4) is 11.6 Å². The molecule has 8 heteroatoms. The molecule has 1 heterocycles. The number of hydrogen-bond acceptors (Lipinski definition) is 5. The summed E-state index contributed by atoms with van der Waals surface area (Å²) in [6, 6.07) is 4.29. The van der Waals surface area contributed by atoms with Crippen LogP contribution in [-0.2, 0) is 0 Å². The number of halogens is 2. The Hall–Kier alpha value is -1.73. The smallest absolute Gasteiger partial charge is 0.269 e. The van der Waals surface area contributed by atoms with Crippen LogP contribution in [0.5, 0.6) is 11.6 Å². The standard InChI is InChI=1S/C11H7BrClN3O3/c1-6-4-7(16(17)18)2-3-8(6)19-11-9(12)10(13)14-5-15-11/h2-5H,1H3. The number of ether oxygens (including phenoxy) is 1. The fourth-order valence-electron chi connectivity index (χ4n) is 1.37. The van der Waals surface area contributed by atoms with Gasteiger partial charge in [-0.3, -0.25) is 10.1 Å². The quantitative estimate of drug-likeness (QED) is 0.479. The fourth-order valence-corrected chi connectivity index (χ4v) is 1.78. The first-order valence-electron chi connectivity index (χ1n) is 5.08. The van der Waals surface area contributed by atoms with E-state index < -0.39 is 4.92 Å². The average Bonchev–Trinajstić information content (AvgIpc) is 2.37. The summed E-state index contributed by atoms with van der Waals surface area (Å²) in [6.07, 6.45) is 1.27. The Balaban J connectivity index is 2.34. The number of nitrogens with zero attached hydrogens (tertiary/aromatic N) is 3. The van der Waals surface area contributed by atoms with Gasteiger partial charge in [-0.25, -0.2) is 9.97 Å². The maximum atomic E-state index is 10.6. The van der Waals surface area contributed by atoms with Gasteiger partial charge in [-0.2, -0.15) is 0 Å². The Bertz CT molecular complexity index is 651. The van der Waals surface area contributed by atoms with Crippen LogP contribution in [0.25, 0.3) is 0 Å². The van der Waals surface area contributed by atoms with Crippen LogP contribution >= 0.6 is 27.5 Å². The van der Waals surface area contributed by atoms with Crippen LogP contribution in [0.15, 0.2) is 29.0 Å². The molecule has 0 aliphatic carbocycles. The molecule has 0 radical (unpaired) electrons. The van der Waals surface area contributed by atoms with Crippen molar-refractivity contribution in [2.75, 3.05) is 0 Å². The van der Waals surface area contributed by atoms with Crippen LogP contribution in [0.2, 0.25) is 5.15 Å². The molecular formula is C11H7BrClN3O3. The predicted octanol–water partition coefficient (Wildman–Crippen LogP) is 3.90. The van der Waals surface area contributed by atoms with Crippen LogP contribution in [0.1, 0.15) is 5.56 Å². The highest BCUT2D eigenvalue weighted by Gasteiger charge is 2.13. The minimum atomic E-state index is -0.464. The lowest BCUT2D eigenvalue weighted by Gasteiger charge is -2.09. The zero-order valence-corrected chi connectivity index (χ0v) is 12.0. The van der Waals surface area contributed by atoms with Gasteiger partial charge in [0.1, 0.15) is 16.5 Å². The number of hydrogen-bond donors (Lipinski definition) is 0. The summed E-state index contributed by atoms with van der Waals surface area (Å²) >= 11 is 9.03. The lowest BCUT2D eigenvalue weighted by molar-refractivity contribution is -0.384. The number of benzene rings is 1. The summed E-state index contributed by atoms with van der Waals surface area (Å²) in [5.74, 6) is 0.706. The van der Waals surface area contributed by atoms with Crippen LogP contribution < -0.4 is 4.74 Å². The third kappa shape index (κ3) is 2.99. The second-order valence-corrected chi connectivity index (χ2v) is 4.74. The van der Waals surface area contributed by atoms with E-state index >= 15 is 0 Å². The topological polar surface area (TPSA) is 78.2 Å². The molecule has 2 rings (SSSR count). The molecule has 0 N–H and O–H groups in total. The highest BCUT2D eigenvalue weighted by Crippen LogP contribution is 2.33. The van der Waals surface area contributed by atoms with Gasteiger partial charge in [-0.1, -0.05) is 11.6 Å². The summed E-state index contributed by atoms with van der Waals surface area (Å²) in [5, 5.41) is 10.9. The van der Waals surface area contributed by atoms with Crippen molar-refractivity contribution < 1.29 is 9.66 Å². The first kappa shape index (κ1) is 13.7. The Morgan fingerprint density at radius 1 is 1.42 bits per heavy atom. The van der Waals surface area contributed by atoms with E-state index in [-0.39, 0.29) is 16.7 Å². The number of nitro groups is 1. The van der Waals surface area contributed by atoms with Crippen molar-refractivity contribution in [3.63, 3.8) is 0 Å². The average molecular weight is 345 g/mol. The number of non-ortho nitro benzene ring substituents is 1. The minimum Gasteiger partial charge on any atom is -0.437 e. The van der Waals surface area contributed by atoms with Crippen LogP contribution in [0, 0.1) is 17.0 Å². The van der Waals surface area contributed by atoms with Gasteiger partial charge in [-0.05, 0) is 34.5 Å². The van der Waals surface area contributed by atoms with Crippen LogP contribution in [0.4, 0.5) is 5.69 Å². The maximum absolute atomic E-state index is 10.6. The third-order valence-corrected chi connectivity index (χ3v) is 3.52. The van der Waals surface area contributed by atoms with E-state index in [4.69, 9.17) is 16.3 Å². The predicted molar refractivity (Wildman–Crippen MR) is 72.6 cm³/mol. The Kier molecular flexibility index (Phi) is 3.96. The molecule has 0 spiro atoms. The van der Waals surface area contributed by atoms with E-state index in [1.54, 1.807) is 6.92 Å². The number of nitro benzene ring substituents is 1. The second-order valence-electron chi connectivity index (χ2n) is 3.59. The van der Waals surface area contributed by atoms with Gasteiger partial charge in [0.05, 0.1) is 4.92 Å². The summed E-state index contributed by atoms with van der Waals surface area (Å²) in [6.45, 7) is 1.71. The third-order valence-electron chi connectivity index (χ3n) is 2.29. The molecule has 19 heavy (non-hydrogen) atoms. The monoisotopic (exact) mass is 343 g/mol. The van der Waals surface area contributed by atoms with Gasteiger partial charge < -0.3 is 4.74 Å². The Labute approximate surface area is 121 Å². The summed E-state index contributed by atoms with van der Waals surface area (Å²) in [4.78, 5) is 17.9. The Morgan fingerprint density at radius 2 is 2.16 bits per heavy atom. The normalized spacial score (nSPS) is 10.3. The van der Waals surface area contributed by atoms with E-state index in [1.807, 2.05) is 0 Å². The molecule has 0 unspecified atom stereocenters. The van der Waals surface area contributed by atoms with Gasteiger partial charge in [0, 0.05) is 12.1 Å². The first-order valence-corrected chi connectivity index (χ1v) is 6.25. The SMILES string of the molecule is Cc1cc([N+](=O)[O-])ccc1Oc1ncnc(Cl)c1Br. The highest BCUT2D eigenvalue weighted by atomic mass is 79.9. The molecule has 1 aromatic carbocycles. The van der Waals surface area contributed by atoms with Crippen molar-refractivity contribution in [2.45, 2.75) is 6.92 Å². The molecule has 6 nitrogen and oxygen atoms in total. The van der Waals surface area contributed by atoms with Gasteiger partial charge in [-0.15, -0.1) is 0 Å². The van der Waals surface area contributed by atoms with Crippen molar-refractivity contribution >= 4 is 33.2 Å². The number of rotatable bonds is 3. The summed E-state index contributed by atoms with van der Waals surface area (Å²) < 4.78 is 5.98. The van der Waals surface area contributed by atoms with Crippen LogP contribution in [0.3, 0.4) is 0 Å². The van der Waals surface area contributed by atoms with Gasteiger partial charge in [0.25, 0.3) is 5.69 Å². The highest BCUT2D eigenvalue weighted by molar-refractivity contribution is 9.10. The molecule has 2 aromatic rings. The molecular weight excluding hydrogens is 337 g/mol. The maximum Gasteiger partial charge on any atom is 0.269 e. The van der Waals surface area contributed by atoms with E-state index in [0.29, 0.717) is 15.8 Å². The molecule has 0 atom stereocenters. The van der Waals surface area contributed by atoms with E-state index in [2.05, 4.69) is 25.9 Å². The van der Waals surface area contributed by atoms with Gasteiger partial charge in [0.15, 0.2) is 5.15 Å². The first-order chi connectivity index (χ1) is 8.99. The number of aryl methyl sites for hydroxylation is 1. The molecule has 0 fully saturated rings. The molecule has 1 aromatic heterocycles. The fraction of sp³-hybridized carbons (Fsp3) is 0.0909. The summed E-state index contributed by atoms with van der Waals surface area (Å²) in [5.41, 5.74) is 0.625. The van der Waals surface area contributed by atoms with E-state index in [9.17, 15) is 10.1 Å². The van der Waals surface area contributed by atoms with Crippen molar-refractivity contribution in [1.82, 2.24) is 9.97 Å². The lowest BCUT2D eigenvalue weighted by Crippen LogP contribution is -1.94. The molecule has 0 saturated carbocycles. The molecule has 0 saturated heterocycles. The second kappa shape index (κ2) is 5.50. The number of aromatic nitrogens is 2. The van der Waals surface area contributed by atoms with Crippen molar-refractivity contribution in [3.05, 3.63) is 49.8 Å². The minimum absolute atomic E-state index is 0.00429. The Morgan fingerprint density at radius 3 is 2.79 bits per heavy atom. The molecule has 0 amide bonds. The van der Waals surface area contributed by atoms with Crippen LogP contribution in [-0.4, -0.2) is 14.9 Å². The zero-order chi connectivity index (χ0) is 14.0. The van der Waals surface area contributed by atoms with E-state index in [1.165, 1.54) is 24.5 Å². The van der Waals surface area contributed by atoms with Gasteiger partial charge >= 0.3 is 0 Å².